The molecule has 0 saturated heterocycles. The van der Waals surface area contributed by atoms with E-state index in [0.717, 1.165) is 11.4 Å². The second-order valence-corrected chi connectivity index (χ2v) is 6.80. The molecule has 0 unspecified atom stereocenters. The molecule has 1 amide bonds. The van der Waals surface area contributed by atoms with Gasteiger partial charge in [-0.3, -0.25) is 20.5 Å². The molecule has 7 heteroatoms. The van der Waals surface area contributed by atoms with E-state index in [-0.39, 0.29) is 11.8 Å². The average molecular weight is 370 g/mol. The number of nitrogens with two attached hydrogens (primary N) is 1. The minimum absolute atomic E-state index is 0.129. The van der Waals surface area contributed by atoms with Crippen LogP contribution in [0.4, 0.5) is 17.1 Å². The van der Waals surface area contributed by atoms with Crippen LogP contribution in [-0.2, 0) is 0 Å². The number of amides is 1. The molecule has 2 aromatic carbocycles. The average Bonchev–Trinajstić information content (AvgIpc) is 2.70. The molecule has 0 saturated carbocycles. The zero-order valence-electron chi connectivity index (χ0n) is 14.6. The molecular weight excluding hydrogens is 350 g/mol. The van der Waals surface area contributed by atoms with Crippen LogP contribution in [0, 0.1) is 16.7 Å². The van der Waals surface area contributed by atoms with Crippen molar-refractivity contribution in [3.63, 3.8) is 0 Å². The van der Waals surface area contributed by atoms with Crippen molar-refractivity contribution in [2.24, 2.45) is 11.7 Å². The Morgan fingerprint density at radius 1 is 1.19 bits per heavy atom. The summed E-state index contributed by atoms with van der Waals surface area (Å²) >= 11 is 6.02. The van der Waals surface area contributed by atoms with E-state index in [2.05, 4.69) is 0 Å². The van der Waals surface area contributed by atoms with Gasteiger partial charge in [0.25, 0.3) is 0 Å². The summed E-state index contributed by atoms with van der Waals surface area (Å²) in [5.41, 5.74) is 8.14. The Kier molecular flexibility index (Phi) is 4.70. The normalized spacial score (nSPS) is 16.9. The van der Waals surface area contributed by atoms with E-state index in [4.69, 9.17) is 28.2 Å². The highest BCUT2D eigenvalue weighted by Gasteiger charge is 2.31. The first kappa shape index (κ1) is 17.9. The number of carbonyl (C=O) groups excluding carboxylic acids is 1. The van der Waals surface area contributed by atoms with Gasteiger partial charge in [-0.05, 0) is 49.4 Å². The Morgan fingerprint density at radius 3 is 2.42 bits per heavy atom. The standard InChI is InChI=1S/C19H20ClN5O/c1-11-10-24(15-6-4-14(20)5-7-15)17-9-13(19(23)26)3-8-16(17)25(12(2)21)18(11)22/h3-9,11,21-22H,10H2,1-2H3,(H2,23,26)/t11-/m1/s1. The number of hydrogen-bond acceptors (Lipinski definition) is 4. The number of anilines is 3. The van der Waals surface area contributed by atoms with E-state index in [1.807, 2.05) is 24.0 Å². The summed E-state index contributed by atoms with van der Waals surface area (Å²) in [6.45, 7) is 4.12. The van der Waals surface area contributed by atoms with Crippen LogP contribution >= 0.6 is 11.6 Å². The van der Waals surface area contributed by atoms with Crippen LogP contribution in [-0.4, -0.2) is 24.1 Å². The number of amidine groups is 2. The van der Waals surface area contributed by atoms with Gasteiger partial charge in [-0.1, -0.05) is 18.5 Å². The fraction of sp³-hybridized carbons (Fsp3) is 0.211. The van der Waals surface area contributed by atoms with Crippen molar-refractivity contribution in [2.75, 3.05) is 16.3 Å². The van der Waals surface area contributed by atoms with Gasteiger partial charge >= 0.3 is 0 Å². The molecule has 2 aromatic rings. The number of carbonyl (C=O) groups is 1. The van der Waals surface area contributed by atoms with Gasteiger partial charge in [0.05, 0.1) is 11.4 Å². The fourth-order valence-corrected chi connectivity index (χ4v) is 3.24. The first-order valence-corrected chi connectivity index (χ1v) is 8.58. The number of hydrogen-bond donors (Lipinski definition) is 3. The molecule has 1 aliphatic heterocycles. The van der Waals surface area contributed by atoms with Gasteiger partial charge in [-0.15, -0.1) is 0 Å². The molecule has 26 heavy (non-hydrogen) atoms. The highest BCUT2D eigenvalue weighted by molar-refractivity contribution is 6.30. The Labute approximate surface area is 157 Å². The van der Waals surface area contributed by atoms with E-state index in [1.54, 1.807) is 42.2 Å². The van der Waals surface area contributed by atoms with E-state index < -0.39 is 5.91 Å². The molecule has 0 bridgehead atoms. The van der Waals surface area contributed by atoms with Crippen molar-refractivity contribution in [3.8, 4) is 0 Å². The maximum atomic E-state index is 11.7. The third kappa shape index (κ3) is 3.15. The van der Waals surface area contributed by atoms with Crippen molar-refractivity contribution in [1.29, 1.82) is 10.8 Å². The van der Waals surface area contributed by atoms with Crippen molar-refractivity contribution >= 4 is 46.2 Å². The van der Waals surface area contributed by atoms with Crippen LogP contribution in [0.3, 0.4) is 0 Å². The Morgan fingerprint density at radius 2 is 1.85 bits per heavy atom. The summed E-state index contributed by atoms with van der Waals surface area (Å²) in [5.74, 6) is -0.0697. The predicted octanol–water partition coefficient (Wildman–Crippen LogP) is 4.01. The van der Waals surface area contributed by atoms with Crippen LogP contribution in [0.15, 0.2) is 42.5 Å². The molecule has 0 fully saturated rings. The first-order valence-electron chi connectivity index (χ1n) is 8.20. The Bertz CT molecular complexity index is 893. The maximum absolute atomic E-state index is 11.7. The lowest BCUT2D eigenvalue weighted by Crippen LogP contribution is -2.38. The van der Waals surface area contributed by atoms with Crippen molar-refractivity contribution < 1.29 is 4.79 Å². The summed E-state index contributed by atoms with van der Waals surface area (Å²) in [4.78, 5) is 15.3. The lowest BCUT2D eigenvalue weighted by molar-refractivity contribution is 0.100. The highest BCUT2D eigenvalue weighted by Crippen LogP contribution is 2.39. The van der Waals surface area contributed by atoms with Crippen LogP contribution < -0.4 is 15.5 Å². The van der Waals surface area contributed by atoms with Gasteiger partial charge in [-0.25, -0.2) is 0 Å². The molecular formula is C19H20ClN5O. The molecule has 0 aliphatic carbocycles. The first-order chi connectivity index (χ1) is 12.3. The molecule has 0 spiro atoms. The summed E-state index contributed by atoms with van der Waals surface area (Å²) < 4.78 is 0. The van der Waals surface area contributed by atoms with Crippen LogP contribution in [0.1, 0.15) is 24.2 Å². The van der Waals surface area contributed by atoms with Crippen LogP contribution in [0.25, 0.3) is 0 Å². The van der Waals surface area contributed by atoms with Crippen LogP contribution in [0.5, 0.6) is 0 Å². The summed E-state index contributed by atoms with van der Waals surface area (Å²) in [6, 6.07) is 12.5. The second-order valence-electron chi connectivity index (χ2n) is 6.36. The smallest absolute Gasteiger partial charge is 0.248 e. The third-order valence-corrected chi connectivity index (χ3v) is 4.68. The van der Waals surface area contributed by atoms with Gasteiger partial charge < -0.3 is 10.6 Å². The van der Waals surface area contributed by atoms with Crippen molar-refractivity contribution in [1.82, 2.24) is 0 Å². The van der Waals surface area contributed by atoms with Crippen molar-refractivity contribution in [2.45, 2.75) is 13.8 Å². The molecule has 6 nitrogen and oxygen atoms in total. The molecule has 1 aliphatic rings. The number of fused-ring (bicyclic) bond motifs is 1. The van der Waals surface area contributed by atoms with Crippen LogP contribution in [0.2, 0.25) is 5.02 Å². The van der Waals surface area contributed by atoms with Crippen molar-refractivity contribution in [3.05, 3.63) is 53.1 Å². The predicted molar refractivity (Wildman–Crippen MR) is 106 cm³/mol. The monoisotopic (exact) mass is 369 g/mol. The summed E-state index contributed by atoms with van der Waals surface area (Å²) in [5, 5.41) is 17.3. The van der Waals surface area contributed by atoms with Gasteiger partial charge in [0.15, 0.2) is 0 Å². The van der Waals surface area contributed by atoms with E-state index >= 15 is 0 Å². The molecule has 0 aromatic heterocycles. The van der Waals surface area contributed by atoms with E-state index in [0.29, 0.717) is 28.7 Å². The molecule has 0 radical (unpaired) electrons. The third-order valence-electron chi connectivity index (χ3n) is 4.43. The fourth-order valence-electron chi connectivity index (χ4n) is 3.12. The lowest BCUT2D eigenvalue weighted by Gasteiger charge is -2.27. The number of nitrogens with one attached hydrogen (secondary N) is 2. The largest absolute Gasteiger partial charge is 0.366 e. The molecule has 3 rings (SSSR count). The van der Waals surface area contributed by atoms with E-state index in [9.17, 15) is 4.79 Å². The number of nitrogens with zero attached hydrogens (tertiary/aromatic N) is 2. The maximum Gasteiger partial charge on any atom is 0.248 e. The molecule has 1 atom stereocenters. The SMILES string of the molecule is CC(=N)N1C(=N)[C@H](C)CN(c2ccc(Cl)cc2)c2cc(C(N)=O)ccc21. The summed E-state index contributed by atoms with van der Waals surface area (Å²) in [7, 11) is 0. The molecule has 4 N–H and O–H groups in total. The minimum Gasteiger partial charge on any atom is -0.366 e. The zero-order valence-corrected chi connectivity index (χ0v) is 15.3. The summed E-state index contributed by atoms with van der Waals surface area (Å²) in [6.07, 6.45) is 0. The topological polar surface area (TPSA) is 97.3 Å². The number of halogens is 1. The lowest BCUT2D eigenvalue weighted by atomic mass is 10.1. The van der Waals surface area contributed by atoms with Gasteiger partial charge in [0.1, 0.15) is 11.7 Å². The quantitative estimate of drug-likeness (QED) is 0.551. The molecule has 1 heterocycles. The van der Waals surface area contributed by atoms with Gasteiger partial charge in [0.2, 0.25) is 5.91 Å². The minimum atomic E-state index is -0.519. The second kappa shape index (κ2) is 6.80. The number of primary amides is 1. The Hall–Kier alpha value is -2.86. The van der Waals surface area contributed by atoms with Gasteiger partial charge in [0, 0.05) is 28.7 Å². The van der Waals surface area contributed by atoms with Gasteiger partial charge in [-0.2, -0.15) is 0 Å². The van der Waals surface area contributed by atoms with E-state index in [1.165, 1.54) is 0 Å². The number of benzene rings is 2. The zero-order chi connectivity index (χ0) is 19.0. The molecule has 134 valence electrons. The number of rotatable bonds is 2. The Balaban J connectivity index is 2.25. The highest BCUT2D eigenvalue weighted by atomic mass is 35.5.